The van der Waals surface area contributed by atoms with Crippen molar-refractivity contribution < 1.29 is 238 Å². The highest BCUT2D eigenvalue weighted by Crippen LogP contribution is 2.59. The fourth-order valence-corrected chi connectivity index (χ4v) is 13.6. The minimum atomic E-state index is -2.98. The lowest BCUT2D eigenvalue weighted by atomic mass is 9.91. The van der Waals surface area contributed by atoms with Gasteiger partial charge in [0.2, 0.25) is 58.4 Å². The molecule has 10 atom stereocenters. The Morgan fingerprint density at radius 1 is 0.317 bits per heavy atom. The van der Waals surface area contributed by atoms with E-state index in [-0.39, 0.29) is 30.3 Å². The van der Waals surface area contributed by atoms with E-state index < -0.39 is 373 Å². The number of aliphatic hydroxyl groups excluding tert-OH is 1. The molecule has 10 unspecified atom stereocenters. The average molecular weight is 1720 g/mol. The molecule has 5 aliphatic rings. The minimum Gasteiger partial charge on any atom is -0.504 e. The number of hydrogen-bond acceptors (Lipinski definition) is 48. The highest BCUT2D eigenvalue weighted by Gasteiger charge is 2.58. The van der Waals surface area contributed by atoms with Crippen LogP contribution in [0.3, 0.4) is 0 Å². The van der Waals surface area contributed by atoms with Crippen LogP contribution >= 0.6 is 0 Å². The monoisotopic (exact) mass is 1720 g/mol. The van der Waals surface area contributed by atoms with Gasteiger partial charge in [-0.2, -0.15) is 0 Å². The van der Waals surface area contributed by atoms with Crippen molar-refractivity contribution >= 4 is 53.7 Å². The summed E-state index contributed by atoms with van der Waals surface area (Å²) in [6.45, 7) is -2.95. The molecule has 9 aromatic carbocycles. The maximum Gasteiger partial charge on any atom is 0.342 e. The summed E-state index contributed by atoms with van der Waals surface area (Å²) < 4.78 is 67.9. The summed E-state index contributed by atoms with van der Waals surface area (Å²) in [4.78, 5) is 133. The van der Waals surface area contributed by atoms with Gasteiger partial charge in [0.15, 0.2) is 152 Å². The Hall–Kier alpha value is -17.3. The van der Waals surface area contributed by atoms with Crippen LogP contribution in [0.5, 0.6) is 161 Å². The predicted octanol–water partition coefficient (Wildman–Crippen LogP) is 2.73. The van der Waals surface area contributed by atoms with E-state index >= 15 is 14.4 Å². The van der Waals surface area contributed by atoms with Crippen LogP contribution in [0.25, 0.3) is 33.4 Å². The molecule has 0 aromatic heterocycles. The fourth-order valence-electron chi connectivity index (χ4n) is 13.6. The first-order valence-corrected chi connectivity index (χ1v) is 34.2. The second kappa shape index (κ2) is 30.0. The van der Waals surface area contributed by atoms with Crippen molar-refractivity contribution in [2.24, 2.45) is 0 Å². The summed E-state index contributed by atoms with van der Waals surface area (Å²) >= 11 is 0. The lowest BCUT2D eigenvalue weighted by molar-refractivity contribution is -0.284. The number of carbonyl (C=O) groups is 9. The summed E-state index contributed by atoms with van der Waals surface area (Å²) in [5.74, 6) is -60.1. The maximum atomic E-state index is 15.5. The summed E-state index contributed by atoms with van der Waals surface area (Å²) in [6.07, 6.45) is -27.5. The van der Waals surface area contributed by atoms with Crippen LogP contribution < -0.4 is 4.74 Å². The van der Waals surface area contributed by atoms with Crippen molar-refractivity contribution in [3.63, 3.8) is 0 Å². The van der Waals surface area contributed by atoms with Gasteiger partial charge in [0.05, 0.1) is 44.5 Å². The smallest absolute Gasteiger partial charge is 0.342 e. The lowest BCUT2D eigenvalue weighted by Gasteiger charge is -2.44. The zero-order valence-electron chi connectivity index (χ0n) is 60.2. The number of rotatable bonds is 9. The van der Waals surface area contributed by atoms with Crippen LogP contribution in [0, 0.1) is 0 Å². The highest BCUT2D eigenvalue weighted by atomic mass is 16.8. The predicted molar refractivity (Wildman–Crippen MR) is 379 cm³/mol. The van der Waals surface area contributed by atoms with Crippen LogP contribution in [-0.4, -0.2) is 266 Å². The third kappa shape index (κ3) is 13.6. The molecule has 14 rings (SSSR count). The normalized spacial score (nSPS) is 20.3. The largest absolute Gasteiger partial charge is 0.504 e. The van der Waals surface area contributed by atoms with E-state index in [1.165, 1.54) is 0 Å². The molecule has 0 aliphatic carbocycles. The lowest BCUT2D eigenvalue weighted by Crippen LogP contribution is -2.63. The number of fused-ring (bicyclic) bond motifs is 13. The Balaban J connectivity index is 0.901. The molecular weight excluding hydrogens is 1670 g/mol. The molecule has 48 nitrogen and oxygen atoms in total. The van der Waals surface area contributed by atoms with Gasteiger partial charge >= 0.3 is 53.7 Å². The van der Waals surface area contributed by atoms with Gasteiger partial charge in [0.25, 0.3) is 0 Å². The quantitative estimate of drug-likeness (QED) is 0.0561. The minimum absolute atomic E-state index is 0.0964. The van der Waals surface area contributed by atoms with Crippen molar-refractivity contribution in [2.75, 3.05) is 13.2 Å². The first-order valence-electron chi connectivity index (χ1n) is 34.2. The van der Waals surface area contributed by atoms with Crippen molar-refractivity contribution in [2.45, 2.75) is 61.4 Å². The van der Waals surface area contributed by atoms with Gasteiger partial charge in [-0.25, -0.2) is 43.2 Å². The Bertz CT molecular complexity index is 6140. The third-order valence-electron chi connectivity index (χ3n) is 19.5. The van der Waals surface area contributed by atoms with Crippen molar-refractivity contribution in [3.8, 4) is 194 Å². The van der Waals surface area contributed by atoms with Gasteiger partial charge in [-0.3, -0.25) is 0 Å². The van der Waals surface area contributed by atoms with Crippen LogP contribution in [-0.2, 0) is 52.1 Å². The molecule has 27 N–H and O–H groups in total. The van der Waals surface area contributed by atoms with Crippen LogP contribution in [0.4, 0.5) is 0 Å². The van der Waals surface area contributed by atoms with Crippen LogP contribution in [0.15, 0.2) is 66.7 Å². The first-order chi connectivity index (χ1) is 57.9. The van der Waals surface area contributed by atoms with Gasteiger partial charge in [-0.15, -0.1) is 0 Å². The summed E-state index contributed by atoms with van der Waals surface area (Å²) in [6, 6.07) is 3.55. The number of ether oxygens (including phenoxy) is 12. The molecule has 0 saturated carbocycles. The van der Waals surface area contributed by atoms with E-state index in [1.807, 2.05) is 0 Å². The molecule has 0 amide bonds. The Morgan fingerprint density at radius 3 is 1.07 bits per heavy atom. The van der Waals surface area contributed by atoms with E-state index in [1.54, 1.807) is 0 Å². The topological polar surface area (TPSA) is 811 Å². The molecule has 9 aromatic rings. The Kier molecular flexibility index (Phi) is 20.1. The van der Waals surface area contributed by atoms with E-state index in [0.29, 0.717) is 36.4 Å². The zero-order valence-corrected chi connectivity index (χ0v) is 60.2. The van der Waals surface area contributed by atoms with Gasteiger partial charge in [-0.1, -0.05) is 0 Å². The Labute approximate surface area is 675 Å². The molecule has 0 spiro atoms. The fraction of sp³-hybridized carbons (Fsp3) is 0.160. The number of esters is 9. The number of aromatic hydroxyl groups is 26. The number of benzene rings is 9. The van der Waals surface area contributed by atoms with E-state index in [0.717, 1.165) is 0 Å². The summed E-state index contributed by atoms with van der Waals surface area (Å²) in [5.41, 5.74) is -18.9. The number of carbonyl (C=O) groups excluding carboxylic acids is 9. The number of phenols is 26. The average Bonchev–Trinajstić information content (AvgIpc) is 1.34. The second-order valence-electron chi connectivity index (χ2n) is 26.8. The standard InChI is InChI=1S/C75H52O48/c76-23-1-14(2-24(77)42(23)86)65(102)112-13-35-60(62-64(75(116-35)123-66(103)15-3-25(78)43(87)26(79)4-15)122-71(108)20-9-31(84)47(91)54(98)39(20)38-18(70(107)120-62)7-29(82)46(90)53(38)97)118-73(110)22-10-32(85)49(93)57(101)58(22)114-33-11-21-41(56(100)50(33)94)40-19(8-30(83)48(92)55(40)99)69(106)119-61-59-34(115-74(111)63(61)121-72(21)109)12-113-67(104)16-5-27(80)44(88)51(95)36(16)37-17(68(105)117-59)6-28(81)45(89)52(37)96/h1-11,34-35,59-64,74-101,111H,12-13H2. The van der Waals surface area contributed by atoms with Gasteiger partial charge in [0.1, 0.15) is 31.0 Å². The highest BCUT2D eigenvalue weighted by molar-refractivity contribution is 6.12. The first kappa shape index (κ1) is 82.2. The maximum absolute atomic E-state index is 15.5. The Morgan fingerprint density at radius 2 is 0.650 bits per heavy atom. The SMILES string of the molecule is O=C(OCC1OC(OC(=O)c2cc(O)c(O)c(O)c2)C2OC(=O)c3cc(O)c(O)c(O)c3-c3c(cc(O)c(O)c3O)C(=O)OC2C1OC(=O)c1cc(O)c(O)c(O)c1Oc1cc2c(c(O)c1O)-c1c(cc(O)c(O)c1O)C(=O)OC1C(OC2=O)C(O)OC2COC(=O)c3cc(O)c(O)c(O)c3-c3c(cc(O)c(O)c3O)C(=O)OC21)c1cc(O)c(O)c(O)c1. The van der Waals surface area contributed by atoms with E-state index in [2.05, 4.69) is 0 Å². The van der Waals surface area contributed by atoms with E-state index in [9.17, 15) is 167 Å². The van der Waals surface area contributed by atoms with Crippen molar-refractivity contribution in [3.05, 3.63) is 117 Å². The van der Waals surface area contributed by atoms with Crippen molar-refractivity contribution in [1.82, 2.24) is 0 Å². The molecular formula is C75H52O48. The molecule has 5 aliphatic heterocycles. The van der Waals surface area contributed by atoms with Gasteiger partial charge in [0, 0.05) is 45.5 Å². The molecule has 0 radical (unpaired) electrons. The second-order valence-corrected chi connectivity index (χ2v) is 26.8. The molecule has 0 bridgehead atoms. The number of aliphatic hydroxyl groups is 1. The van der Waals surface area contributed by atoms with Gasteiger partial charge < -0.3 is 195 Å². The van der Waals surface area contributed by atoms with Gasteiger partial charge in [-0.05, 0) is 54.6 Å². The number of cyclic esters (lactones) is 1. The zero-order chi connectivity index (χ0) is 89.5. The summed E-state index contributed by atoms with van der Waals surface area (Å²) in [7, 11) is 0. The summed E-state index contributed by atoms with van der Waals surface area (Å²) in [5, 5.41) is 297. The molecule has 2 fully saturated rings. The molecule has 5 heterocycles. The molecule has 48 heteroatoms. The van der Waals surface area contributed by atoms with E-state index in [4.69, 9.17) is 56.8 Å². The molecule has 123 heavy (non-hydrogen) atoms. The molecule has 640 valence electrons. The molecule has 2 saturated heterocycles. The third-order valence-corrected chi connectivity index (χ3v) is 19.5. The number of hydrogen-bond donors (Lipinski definition) is 27. The van der Waals surface area contributed by atoms with Crippen LogP contribution in [0.1, 0.15) is 93.2 Å². The van der Waals surface area contributed by atoms with Crippen molar-refractivity contribution in [1.29, 1.82) is 0 Å². The van der Waals surface area contributed by atoms with Crippen LogP contribution in [0.2, 0.25) is 0 Å². The number of phenolic OH excluding ortho intramolecular Hbond substituents is 26.